The smallest absolute Gasteiger partial charge is 0.321 e. The van der Waals surface area contributed by atoms with E-state index in [4.69, 9.17) is 0 Å². The summed E-state index contributed by atoms with van der Waals surface area (Å²) >= 11 is 0.963. The Morgan fingerprint density at radius 1 is 1.12 bits per heavy atom. The largest absolute Gasteiger partial charge is 0.416 e. The molecular weight excluding hydrogens is 361 g/mol. The quantitative estimate of drug-likeness (QED) is 0.723. The van der Waals surface area contributed by atoms with Gasteiger partial charge in [0, 0.05) is 12.1 Å². The molecule has 0 bridgehead atoms. The third-order valence-electron chi connectivity index (χ3n) is 3.85. The molecule has 132 valence electrons. The molecule has 2 aromatic rings. The van der Waals surface area contributed by atoms with Gasteiger partial charge >= 0.3 is 6.18 Å². The zero-order valence-electron chi connectivity index (χ0n) is 12.7. The monoisotopic (exact) mass is 373 g/mol. The number of alkyl halides is 3. The maximum atomic E-state index is 13.8. The Morgan fingerprint density at radius 2 is 1.84 bits per heavy atom. The maximum Gasteiger partial charge on any atom is 0.416 e. The summed E-state index contributed by atoms with van der Waals surface area (Å²) in [6, 6.07) is 7.90. The van der Waals surface area contributed by atoms with Crippen molar-refractivity contribution in [3.63, 3.8) is 0 Å². The molecule has 0 spiro atoms. The number of rotatable bonds is 3. The number of thioether (sulfide) groups is 1. The third-order valence-corrected chi connectivity index (χ3v) is 5.09. The van der Waals surface area contributed by atoms with E-state index >= 15 is 0 Å². The molecule has 25 heavy (non-hydrogen) atoms. The summed E-state index contributed by atoms with van der Waals surface area (Å²) in [6.07, 6.45) is -4.68. The molecule has 0 aliphatic carbocycles. The van der Waals surface area contributed by atoms with Crippen LogP contribution in [0.25, 0.3) is 0 Å². The lowest BCUT2D eigenvalue weighted by Gasteiger charge is -2.26. The summed E-state index contributed by atoms with van der Waals surface area (Å²) in [5.41, 5.74) is -1.15. The summed E-state index contributed by atoms with van der Waals surface area (Å²) < 4.78 is 67.2. The van der Waals surface area contributed by atoms with Crippen molar-refractivity contribution in [1.29, 1.82) is 0 Å². The summed E-state index contributed by atoms with van der Waals surface area (Å²) in [5, 5.41) is -1.03. The van der Waals surface area contributed by atoms with E-state index in [0.29, 0.717) is 6.07 Å². The molecule has 0 aromatic heterocycles. The molecule has 1 aliphatic heterocycles. The van der Waals surface area contributed by atoms with Crippen LogP contribution in [0.3, 0.4) is 0 Å². The highest BCUT2D eigenvalue weighted by molar-refractivity contribution is 8.00. The molecule has 2 nitrogen and oxygen atoms in total. The standard InChI is InChI=1S/C17H12F5NOS/c18-11-5-6-13(17(20,21)22)12(7-11)16-23(15(24)9-25-16)8-10-3-1-2-4-14(10)19/h1-7,16H,8-9H2. The zero-order valence-corrected chi connectivity index (χ0v) is 13.5. The van der Waals surface area contributed by atoms with E-state index in [-0.39, 0.29) is 23.4 Å². The van der Waals surface area contributed by atoms with E-state index in [1.165, 1.54) is 18.2 Å². The van der Waals surface area contributed by atoms with Gasteiger partial charge in [-0.2, -0.15) is 13.2 Å². The fourth-order valence-electron chi connectivity index (χ4n) is 2.69. The van der Waals surface area contributed by atoms with Crippen LogP contribution in [0.4, 0.5) is 22.0 Å². The van der Waals surface area contributed by atoms with Crippen LogP contribution in [-0.4, -0.2) is 16.6 Å². The van der Waals surface area contributed by atoms with Crippen LogP contribution in [0, 0.1) is 11.6 Å². The van der Waals surface area contributed by atoms with Crippen molar-refractivity contribution in [2.24, 2.45) is 0 Å². The lowest BCUT2D eigenvalue weighted by Crippen LogP contribution is -2.29. The van der Waals surface area contributed by atoms with Gasteiger partial charge in [-0.05, 0) is 29.8 Å². The Morgan fingerprint density at radius 3 is 2.52 bits per heavy atom. The van der Waals surface area contributed by atoms with Crippen LogP contribution in [0.15, 0.2) is 42.5 Å². The number of hydrogen-bond donors (Lipinski definition) is 0. The molecule has 1 unspecified atom stereocenters. The highest BCUT2D eigenvalue weighted by Gasteiger charge is 2.41. The molecule has 0 radical (unpaired) electrons. The van der Waals surface area contributed by atoms with Gasteiger partial charge in [0.05, 0.1) is 11.3 Å². The van der Waals surface area contributed by atoms with E-state index in [0.717, 1.165) is 28.8 Å². The van der Waals surface area contributed by atoms with Crippen LogP contribution in [0.1, 0.15) is 22.1 Å². The number of nitrogens with zero attached hydrogens (tertiary/aromatic N) is 1. The predicted octanol–water partition coefficient (Wildman–Crippen LogP) is 4.76. The van der Waals surface area contributed by atoms with Crippen molar-refractivity contribution < 1.29 is 26.7 Å². The molecule has 0 N–H and O–H groups in total. The Kier molecular flexibility index (Phi) is 4.73. The van der Waals surface area contributed by atoms with Gasteiger partial charge < -0.3 is 4.90 Å². The van der Waals surface area contributed by atoms with E-state index in [2.05, 4.69) is 0 Å². The van der Waals surface area contributed by atoms with Crippen LogP contribution < -0.4 is 0 Å². The average Bonchev–Trinajstić information content (AvgIpc) is 2.89. The highest BCUT2D eigenvalue weighted by Crippen LogP contribution is 2.45. The van der Waals surface area contributed by atoms with Gasteiger partial charge in [-0.3, -0.25) is 4.79 Å². The molecule has 1 saturated heterocycles. The van der Waals surface area contributed by atoms with Crippen LogP contribution in [-0.2, 0) is 17.5 Å². The van der Waals surface area contributed by atoms with Gasteiger partial charge in [-0.15, -0.1) is 11.8 Å². The zero-order chi connectivity index (χ0) is 18.2. The molecule has 1 fully saturated rings. The van der Waals surface area contributed by atoms with Gasteiger partial charge in [-0.1, -0.05) is 18.2 Å². The first-order valence-electron chi connectivity index (χ1n) is 7.28. The molecular formula is C17H12F5NOS. The van der Waals surface area contributed by atoms with E-state index < -0.39 is 34.7 Å². The van der Waals surface area contributed by atoms with Crippen LogP contribution in [0.2, 0.25) is 0 Å². The SMILES string of the molecule is O=C1CSC(c2cc(F)ccc2C(F)(F)F)N1Cc1ccccc1F. The molecule has 8 heteroatoms. The second kappa shape index (κ2) is 6.67. The minimum absolute atomic E-state index is 0.0487. The number of carbonyl (C=O) groups is 1. The van der Waals surface area contributed by atoms with Crippen molar-refractivity contribution in [2.75, 3.05) is 5.75 Å². The minimum atomic E-state index is -4.68. The summed E-state index contributed by atoms with van der Waals surface area (Å²) in [7, 11) is 0. The molecule has 3 rings (SSSR count). The minimum Gasteiger partial charge on any atom is -0.321 e. The number of amides is 1. The van der Waals surface area contributed by atoms with E-state index in [1.807, 2.05) is 0 Å². The van der Waals surface area contributed by atoms with Crippen molar-refractivity contribution >= 4 is 17.7 Å². The van der Waals surface area contributed by atoms with Crippen molar-refractivity contribution in [1.82, 2.24) is 4.90 Å². The first-order valence-corrected chi connectivity index (χ1v) is 8.33. The van der Waals surface area contributed by atoms with Crippen molar-refractivity contribution in [2.45, 2.75) is 18.1 Å². The number of hydrogen-bond acceptors (Lipinski definition) is 2. The lowest BCUT2D eigenvalue weighted by molar-refractivity contribution is -0.139. The highest BCUT2D eigenvalue weighted by atomic mass is 32.2. The molecule has 0 saturated carbocycles. The van der Waals surface area contributed by atoms with Crippen molar-refractivity contribution in [3.8, 4) is 0 Å². The molecule has 1 atom stereocenters. The van der Waals surface area contributed by atoms with Gasteiger partial charge in [0.25, 0.3) is 0 Å². The molecule has 1 amide bonds. The van der Waals surface area contributed by atoms with Gasteiger partial charge in [-0.25, -0.2) is 8.78 Å². The van der Waals surface area contributed by atoms with Crippen LogP contribution >= 0.6 is 11.8 Å². The average molecular weight is 373 g/mol. The Balaban J connectivity index is 2.00. The third kappa shape index (κ3) is 3.63. The number of carbonyl (C=O) groups excluding carboxylic acids is 1. The Hall–Kier alpha value is -2.09. The number of benzene rings is 2. The predicted molar refractivity (Wildman–Crippen MR) is 83.6 cm³/mol. The summed E-state index contributed by atoms with van der Waals surface area (Å²) in [5.74, 6) is -1.85. The second-order valence-corrected chi connectivity index (χ2v) is 6.57. The normalized spacial score (nSPS) is 18.0. The second-order valence-electron chi connectivity index (χ2n) is 5.51. The Labute approximate surface area is 144 Å². The van der Waals surface area contributed by atoms with E-state index in [1.54, 1.807) is 6.07 Å². The Bertz CT molecular complexity index is 808. The van der Waals surface area contributed by atoms with Crippen molar-refractivity contribution in [3.05, 3.63) is 70.8 Å². The van der Waals surface area contributed by atoms with Gasteiger partial charge in [0.1, 0.15) is 17.0 Å². The van der Waals surface area contributed by atoms with E-state index in [9.17, 15) is 26.7 Å². The first kappa shape index (κ1) is 17.7. The molecule has 1 heterocycles. The fraction of sp³-hybridized carbons (Fsp3) is 0.235. The summed E-state index contributed by atoms with van der Waals surface area (Å²) in [6.45, 7) is -0.184. The number of halogens is 5. The molecule has 1 aliphatic rings. The van der Waals surface area contributed by atoms with Gasteiger partial charge in [0.15, 0.2) is 0 Å². The topological polar surface area (TPSA) is 20.3 Å². The first-order chi connectivity index (χ1) is 11.8. The fourth-order valence-corrected chi connectivity index (χ4v) is 3.90. The van der Waals surface area contributed by atoms with Crippen LogP contribution in [0.5, 0.6) is 0 Å². The summed E-state index contributed by atoms with van der Waals surface area (Å²) in [4.78, 5) is 13.3. The molecule has 2 aromatic carbocycles. The lowest BCUT2D eigenvalue weighted by atomic mass is 10.1. The maximum absolute atomic E-state index is 13.8. The van der Waals surface area contributed by atoms with Gasteiger partial charge in [0.2, 0.25) is 5.91 Å².